The SMILES string of the molecule is CCN(CC)C(C)CNC(=NC)NCCCC(C)C.I. The zero-order chi connectivity index (χ0) is 14.7. The Morgan fingerprint density at radius 2 is 1.70 bits per heavy atom. The summed E-state index contributed by atoms with van der Waals surface area (Å²) in [5.74, 6) is 1.70. The van der Waals surface area contributed by atoms with E-state index in [0.717, 1.165) is 38.1 Å². The third kappa shape index (κ3) is 10.7. The lowest BCUT2D eigenvalue weighted by molar-refractivity contribution is 0.231. The van der Waals surface area contributed by atoms with E-state index in [0.29, 0.717) is 6.04 Å². The second-order valence-corrected chi connectivity index (χ2v) is 5.49. The van der Waals surface area contributed by atoms with Gasteiger partial charge >= 0.3 is 0 Å². The van der Waals surface area contributed by atoms with Gasteiger partial charge in [-0.15, -0.1) is 24.0 Å². The highest BCUT2D eigenvalue weighted by Gasteiger charge is 2.10. The summed E-state index contributed by atoms with van der Waals surface area (Å²) in [6.45, 7) is 15.3. The molecule has 5 heteroatoms. The van der Waals surface area contributed by atoms with Gasteiger partial charge < -0.3 is 10.6 Å². The molecule has 0 aromatic carbocycles. The summed E-state index contributed by atoms with van der Waals surface area (Å²) in [5, 5.41) is 6.78. The molecule has 0 saturated heterocycles. The maximum absolute atomic E-state index is 4.26. The molecule has 0 fully saturated rings. The van der Waals surface area contributed by atoms with Crippen LogP contribution in [0.5, 0.6) is 0 Å². The van der Waals surface area contributed by atoms with Crippen LogP contribution in [-0.4, -0.2) is 50.1 Å². The number of halogens is 1. The van der Waals surface area contributed by atoms with Gasteiger partial charge in [-0.3, -0.25) is 9.89 Å². The Labute approximate surface area is 143 Å². The molecule has 1 unspecified atom stereocenters. The van der Waals surface area contributed by atoms with Crippen LogP contribution in [-0.2, 0) is 0 Å². The van der Waals surface area contributed by atoms with Gasteiger partial charge in [-0.2, -0.15) is 0 Å². The first-order valence-electron chi connectivity index (χ1n) is 7.73. The Morgan fingerprint density at radius 1 is 1.10 bits per heavy atom. The molecule has 0 radical (unpaired) electrons. The average Bonchev–Trinajstić information content (AvgIpc) is 2.39. The standard InChI is InChI=1S/C15H34N4.HI/c1-7-19(8-2)14(5)12-18-15(16-6)17-11-9-10-13(3)4;/h13-14H,7-12H2,1-6H3,(H2,16,17,18);1H. The van der Waals surface area contributed by atoms with Gasteiger partial charge in [0.05, 0.1) is 0 Å². The third-order valence-electron chi connectivity index (χ3n) is 3.47. The van der Waals surface area contributed by atoms with Crippen molar-refractivity contribution in [3.8, 4) is 0 Å². The minimum Gasteiger partial charge on any atom is -0.356 e. The maximum atomic E-state index is 4.26. The molecule has 0 bridgehead atoms. The number of hydrogen-bond donors (Lipinski definition) is 2. The van der Waals surface area contributed by atoms with Crippen LogP contribution in [0.15, 0.2) is 4.99 Å². The van der Waals surface area contributed by atoms with Crippen LogP contribution in [0, 0.1) is 5.92 Å². The Kier molecular flexibility index (Phi) is 15.5. The number of nitrogens with zero attached hydrogens (tertiary/aromatic N) is 2. The van der Waals surface area contributed by atoms with Crippen molar-refractivity contribution in [3.05, 3.63) is 0 Å². The topological polar surface area (TPSA) is 39.7 Å². The van der Waals surface area contributed by atoms with Crippen molar-refractivity contribution in [1.82, 2.24) is 15.5 Å². The fraction of sp³-hybridized carbons (Fsp3) is 0.933. The Hall–Kier alpha value is -0.0400. The van der Waals surface area contributed by atoms with Crippen LogP contribution in [0.25, 0.3) is 0 Å². The summed E-state index contributed by atoms with van der Waals surface area (Å²) in [4.78, 5) is 6.71. The van der Waals surface area contributed by atoms with Crippen LogP contribution < -0.4 is 10.6 Å². The van der Waals surface area contributed by atoms with E-state index < -0.39 is 0 Å². The minimum absolute atomic E-state index is 0. The number of likely N-dealkylation sites (N-methyl/N-ethyl adjacent to an activating group) is 1. The molecular weight excluding hydrogens is 363 g/mol. The summed E-state index contributed by atoms with van der Waals surface area (Å²) in [7, 11) is 1.83. The second kappa shape index (κ2) is 13.9. The maximum Gasteiger partial charge on any atom is 0.191 e. The molecule has 20 heavy (non-hydrogen) atoms. The number of hydrogen-bond acceptors (Lipinski definition) is 2. The molecule has 4 nitrogen and oxygen atoms in total. The van der Waals surface area contributed by atoms with E-state index in [-0.39, 0.29) is 24.0 Å². The molecule has 0 heterocycles. The zero-order valence-electron chi connectivity index (χ0n) is 14.2. The number of nitrogens with one attached hydrogen (secondary N) is 2. The predicted octanol–water partition coefficient (Wildman–Crippen LogP) is 2.94. The summed E-state index contributed by atoms with van der Waals surface area (Å²) in [6, 6.07) is 0.532. The lowest BCUT2D eigenvalue weighted by Crippen LogP contribution is -2.46. The van der Waals surface area contributed by atoms with E-state index in [4.69, 9.17) is 0 Å². The zero-order valence-corrected chi connectivity index (χ0v) is 16.5. The van der Waals surface area contributed by atoms with Crippen molar-refractivity contribution >= 4 is 29.9 Å². The van der Waals surface area contributed by atoms with E-state index >= 15 is 0 Å². The van der Waals surface area contributed by atoms with Crippen molar-refractivity contribution in [2.75, 3.05) is 33.2 Å². The van der Waals surface area contributed by atoms with Crippen LogP contribution in [0.4, 0.5) is 0 Å². The number of guanidine groups is 1. The van der Waals surface area contributed by atoms with E-state index in [1.54, 1.807) is 0 Å². The quantitative estimate of drug-likeness (QED) is 0.272. The van der Waals surface area contributed by atoms with Crippen molar-refractivity contribution in [3.63, 3.8) is 0 Å². The van der Waals surface area contributed by atoms with Gasteiger partial charge in [0.15, 0.2) is 5.96 Å². The van der Waals surface area contributed by atoms with Crippen molar-refractivity contribution in [1.29, 1.82) is 0 Å². The summed E-state index contributed by atoms with van der Waals surface area (Å²) in [5.41, 5.74) is 0. The molecule has 0 aliphatic carbocycles. The Balaban J connectivity index is 0. The van der Waals surface area contributed by atoms with E-state index in [9.17, 15) is 0 Å². The van der Waals surface area contributed by atoms with Crippen LogP contribution in [0.3, 0.4) is 0 Å². The molecule has 1 atom stereocenters. The van der Waals surface area contributed by atoms with E-state index in [1.165, 1.54) is 12.8 Å². The highest BCUT2D eigenvalue weighted by Crippen LogP contribution is 2.01. The van der Waals surface area contributed by atoms with Crippen molar-refractivity contribution in [2.24, 2.45) is 10.9 Å². The Morgan fingerprint density at radius 3 is 2.15 bits per heavy atom. The number of aliphatic imine (C=N–C) groups is 1. The Bertz CT molecular complexity index is 240. The van der Waals surface area contributed by atoms with Crippen LogP contribution in [0.1, 0.15) is 47.5 Å². The molecule has 0 aromatic rings. The second-order valence-electron chi connectivity index (χ2n) is 5.49. The van der Waals surface area contributed by atoms with Gasteiger partial charge in [-0.1, -0.05) is 27.7 Å². The minimum atomic E-state index is 0. The molecule has 0 amide bonds. The van der Waals surface area contributed by atoms with Gasteiger partial charge in [0.2, 0.25) is 0 Å². The lowest BCUT2D eigenvalue weighted by atomic mass is 10.1. The van der Waals surface area contributed by atoms with Gasteiger partial charge in [-0.05, 0) is 38.8 Å². The first-order chi connectivity index (χ1) is 9.04. The summed E-state index contributed by atoms with van der Waals surface area (Å²) >= 11 is 0. The highest BCUT2D eigenvalue weighted by molar-refractivity contribution is 14.0. The predicted molar refractivity (Wildman–Crippen MR) is 101 cm³/mol. The largest absolute Gasteiger partial charge is 0.356 e. The molecule has 0 aliphatic heterocycles. The summed E-state index contributed by atoms with van der Waals surface area (Å²) < 4.78 is 0. The smallest absolute Gasteiger partial charge is 0.191 e. The third-order valence-corrected chi connectivity index (χ3v) is 3.47. The van der Waals surface area contributed by atoms with Crippen molar-refractivity contribution in [2.45, 2.75) is 53.5 Å². The van der Waals surface area contributed by atoms with Crippen molar-refractivity contribution < 1.29 is 0 Å². The van der Waals surface area contributed by atoms with Gasteiger partial charge in [-0.25, -0.2) is 0 Å². The normalized spacial score (nSPS) is 13.3. The molecule has 0 spiro atoms. The molecule has 0 aromatic heterocycles. The molecule has 0 aliphatic rings. The highest BCUT2D eigenvalue weighted by atomic mass is 127. The monoisotopic (exact) mass is 398 g/mol. The van der Waals surface area contributed by atoms with E-state index in [2.05, 4.69) is 55.1 Å². The fourth-order valence-electron chi connectivity index (χ4n) is 2.16. The average molecular weight is 398 g/mol. The molecule has 0 rings (SSSR count). The molecule has 0 saturated carbocycles. The van der Waals surface area contributed by atoms with Gasteiger partial charge in [0.1, 0.15) is 0 Å². The lowest BCUT2D eigenvalue weighted by Gasteiger charge is -2.27. The van der Waals surface area contributed by atoms with Gasteiger partial charge in [0.25, 0.3) is 0 Å². The first-order valence-corrected chi connectivity index (χ1v) is 7.73. The first kappa shape index (κ1) is 22.2. The fourth-order valence-corrected chi connectivity index (χ4v) is 2.16. The van der Waals surface area contributed by atoms with Crippen LogP contribution in [0.2, 0.25) is 0 Å². The van der Waals surface area contributed by atoms with E-state index in [1.807, 2.05) is 7.05 Å². The summed E-state index contributed by atoms with van der Waals surface area (Å²) in [6.07, 6.45) is 2.46. The number of rotatable bonds is 9. The molecule has 2 N–H and O–H groups in total. The molecule has 122 valence electrons. The molecular formula is C15H35IN4. The van der Waals surface area contributed by atoms with Crippen LogP contribution >= 0.6 is 24.0 Å². The van der Waals surface area contributed by atoms with Gasteiger partial charge in [0, 0.05) is 26.2 Å².